The number of nitrogens with two attached hydrogens (primary N) is 1. The summed E-state index contributed by atoms with van der Waals surface area (Å²) in [6.07, 6.45) is 3.62. The van der Waals surface area contributed by atoms with Gasteiger partial charge in [-0.1, -0.05) is 36.4 Å². The second-order valence-corrected chi connectivity index (χ2v) is 5.82. The monoisotopic (exact) mass is 318 g/mol. The van der Waals surface area contributed by atoms with Gasteiger partial charge in [0.15, 0.2) is 0 Å². The number of benzene rings is 2. The molecule has 0 saturated heterocycles. The van der Waals surface area contributed by atoms with Crippen molar-refractivity contribution in [3.05, 3.63) is 72.1 Å². The quantitative estimate of drug-likeness (QED) is 0.807. The summed E-state index contributed by atoms with van der Waals surface area (Å²) in [5.41, 5.74) is 9.75. The fraction of sp³-hybridized carbons (Fsp3) is 0.158. The first-order chi connectivity index (χ1) is 11.8. The number of carbonyl (C=O) groups excluding carboxylic acids is 1. The Morgan fingerprint density at radius 1 is 1.08 bits per heavy atom. The fourth-order valence-electron chi connectivity index (χ4n) is 3.15. The zero-order valence-corrected chi connectivity index (χ0v) is 13.2. The molecule has 4 rings (SSSR count). The van der Waals surface area contributed by atoms with Gasteiger partial charge >= 0.3 is 0 Å². The lowest BCUT2D eigenvalue weighted by Gasteiger charge is -2.14. The Labute approximate surface area is 140 Å². The average Bonchev–Trinajstić information content (AvgIpc) is 3.25. The van der Waals surface area contributed by atoms with Crippen LogP contribution in [0.3, 0.4) is 0 Å². The third kappa shape index (κ3) is 2.39. The van der Waals surface area contributed by atoms with Gasteiger partial charge in [0.05, 0.1) is 0 Å². The van der Waals surface area contributed by atoms with Crippen LogP contribution in [0.15, 0.2) is 60.9 Å². The number of nitrogens with zero attached hydrogens (tertiary/aromatic N) is 3. The molecule has 0 radical (unpaired) electrons. The SMILES string of the molecule is NCc1ccccc1-c1ccc(C(=O)N2CCn3ccnc32)cc1. The number of hydrogen-bond acceptors (Lipinski definition) is 3. The van der Waals surface area contributed by atoms with Crippen molar-refractivity contribution in [1.29, 1.82) is 0 Å². The fourth-order valence-corrected chi connectivity index (χ4v) is 3.15. The van der Waals surface area contributed by atoms with Gasteiger partial charge in [-0.05, 0) is 28.8 Å². The van der Waals surface area contributed by atoms with E-state index in [0.29, 0.717) is 18.7 Å². The van der Waals surface area contributed by atoms with Crippen molar-refractivity contribution in [1.82, 2.24) is 9.55 Å². The van der Waals surface area contributed by atoms with Crippen molar-refractivity contribution in [3.63, 3.8) is 0 Å². The third-order valence-corrected chi connectivity index (χ3v) is 4.42. The summed E-state index contributed by atoms with van der Waals surface area (Å²) in [5.74, 6) is 0.705. The van der Waals surface area contributed by atoms with Crippen molar-refractivity contribution in [2.75, 3.05) is 11.4 Å². The maximum atomic E-state index is 12.7. The Balaban J connectivity index is 1.62. The molecule has 0 fully saturated rings. The summed E-state index contributed by atoms with van der Waals surface area (Å²) < 4.78 is 1.99. The first kappa shape index (κ1) is 14.7. The molecule has 0 spiro atoms. The van der Waals surface area contributed by atoms with Crippen molar-refractivity contribution < 1.29 is 4.79 Å². The molecule has 2 heterocycles. The van der Waals surface area contributed by atoms with E-state index in [1.165, 1.54) is 0 Å². The van der Waals surface area contributed by atoms with Gasteiger partial charge < -0.3 is 10.3 Å². The molecule has 0 unspecified atom stereocenters. The topological polar surface area (TPSA) is 64.2 Å². The van der Waals surface area contributed by atoms with E-state index < -0.39 is 0 Å². The first-order valence-corrected chi connectivity index (χ1v) is 7.99. The summed E-state index contributed by atoms with van der Waals surface area (Å²) in [6, 6.07) is 15.8. The minimum absolute atomic E-state index is 0.0152. The van der Waals surface area contributed by atoms with Gasteiger partial charge in [0.1, 0.15) is 0 Å². The van der Waals surface area contributed by atoms with Crippen molar-refractivity contribution >= 4 is 11.9 Å². The van der Waals surface area contributed by atoms with E-state index in [-0.39, 0.29) is 5.91 Å². The van der Waals surface area contributed by atoms with E-state index in [0.717, 1.165) is 29.2 Å². The number of amides is 1. The van der Waals surface area contributed by atoms with E-state index >= 15 is 0 Å². The second kappa shape index (κ2) is 5.94. The Morgan fingerprint density at radius 2 is 1.88 bits per heavy atom. The van der Waals surface area contributed by atoms with Crippen LogP contribution in [-0.4, -0.2) is 22.0 Å². The van der Waals surface area contributed by atoms with E-state index in [1.807, 2.05) is 53.2 Å². The van der Waals surface area contributed by atoms with Crippen LogP contribution in [0.2, 0.25) is 0 Å². The zero-order valence-electron chi connectivity index (χ0n) is 13.2. The smallest absolute Gasteiger partial charge is 0.260 e. The van der Waals surface area contributed by atoms with E-state index in [1.54, 1.807) is 11.1 Å². The number of fused-ring (bicyclic) bond motifs is 1. The molecular formula is C19H18N4O. The lowest BCUT2D eigenvalue weighted by Crippen LogP contribution is -2.29. The average molecular weight is 318 g/mol. The highest BCUT2D eigenvalue weighted by atomic mass is 16.2. The maximum absolute atomic E-state index is 12.7. The van der Waals surface area contributed by atoms with Gasteiger partial charge in [-0.15, -0.1) is 0 Å². The molecule has 1 aromatic heterocycles. The molecule has 2 N–H and O–H groups in total. The van der Waals surface area contributed by atoms with Crippen LogP contribution in [-0.2, 0) is 13.1 Å². The minimum Gasteiger partial charge on any atom is -0.326 e. The molecule has 0 saturated carbocycles. The van der Waals surface area contributed by atoms with Gasteiger partial charge in [-0.2, -0.15) is 0 Å². The number of aromatic nitrogens is 2. The lowest BCUT2D eigenvalue weighted by molar-refractivity contribution is 0.0988. The maximum Gasteiger partial charge on any atom is 0.260 e. The minimum atomic E-state index is -0.0152. The summed E-state index contributed by atoms with van der Waals surface area (Å²) >= 11 is 0. The van der Waals surface area contributed by atoms with Crippen LogP contribution in [0.1, 0.15) is 15.9 Å². The van der Waals surface area contributed by atoms with Crippen molar-refractivity contribution in [2.45, 2.75) is 13.1 Å². The van der Waals surface area contributed by atoms with E-state index in [2.05, 4.69) is 11.1 Å². The van der Waals surface area contributed by atoms with Gasteiger partial charge in [0.2, 0.25) is 5.95 Å². The summed E-state index contributed by atoms with van der Waals surface area (Å²) in [6.45, 7) is 1.95. The van der Waals surface area contributed by atoms with Crippen LogP contribution in [0, 0.1) is 0 Å². The predicted molar refractivity (Wildman–Crippen MR) is 93.7 cm³/mol. The van der Waals surface area contributed by atoms with Crippen LogP contribution < -0.4 is 10.6 Å². The van der Waals surface area contributed by atoms with Gasteiger partial charge in [0, 0.05) is 37.6 Å². The Bertz CT molecular complexity index is 882. The second-order valence-electron chi connectivity index (χ2n) is 5.82. The van der Waals surface area contributed by atoms with E-state index in [4.69, 9.17) is 5.73 Å². The molecule has 0 bridgehead atoms. The summed E-state index contributed by atoms with van der Waals surface area (Å²) in [7, 11) is 0. The first-order valence-electron chi connectivity index (χ1n) is 7.99. The number of hydrogen-bond donors (Lipinski definition) is 1. The highest BCUT2D eigenvalue weighted by Gasteiger charge is 2.26. The molecule has 1 amide bonds. The Hall–Kier alpha value is -2.92. The van der Waals surface area contributed by atoms with Crippen molar-refractivity contribution in [2.24, 2.45) is 5.73 Å². The van der Waals surface area contributed by atoms with Crippen LogP contribution in [0.25, 0.3) is 11.1 Å². The highest BCUT2D eigenvalue weighted by molar-refractivity contribution is 6.05. The Kier molecular flexibility index (Phi) is 3.63. The molecule has 0 aliphatic carbocycles. The molecular weight excluding hydrogens is 300 g/mol. The molecule has 0 atom stereocenters. The normalized spacial score (nSPS) is 13.1. The number of anilines is 1. The van der Waals surface area contributed by atoms with Crippen LogP contribution in [0.4, 0.5) is 5.95 Å². The molecule has 24 heavy (non-hydrogen) atoms. The third-order valence-electron chi connectivity index (χ3n) is 4.42. The standard InChI is InChI=1S/C19H18N4O/c20-13-16-3-1-2-4-17(16)14-5-7-15(8-6-14)18(24)23-12-11-22-10-9-21-19(22)23/h1-10H,11-13,20H2. The Morgan fingerprint density at radius 3 is 2.67 bits per heavy atom. The lowest BCUT2D eigenvalue weighted by atomic mass is 9.98. The molecule has 2 aromatic carbocycles. The van der Waals surface area contributed by atoms with E-state index in [9.17, 15) is 4.79 Å². The van der Waals surface area contributed by atoms with Gasteiger partial charge in [-0.25, -0.2) is 4.98 Å². The van der Waals surface area contributed by atoms with Gasteiger partial charge in [-0.3, -0.25) is 9.69 Å². The molecule has 1 aliphatic heterocycles. The predicted octanol–water partition coefficient (Wildman–Crippen LogP) is 2.67. The largest absolute Gasteiger partial charge is 0.326 e. The zero-order chi connectivity index (χ0) is 16.5. The molecule has 5 nitrogen and oxygen atoms in total. The summed E-state index contributed by atoms with van der Waals surface area (Å²) in [5, 5.41) is 0. The summed E-state index contributed by atoms with van der Waals surface area (Å²) in [4.78, 5) is 18.7. The van der Waals surface area contributed by atoms with Crippen molar-refractivity contribution in [3.8, 4) is 11.1 Å². The number of imidazole rings is 1. The molecule has 120 valence electrons. The molecule has 1 aliphatic rings. The van der Waals surface area contributed by atoms with Crippen LogP contribution in [0.5, 0.6) is 0 Å². The van der Waals surface area contributed by atoms with Crippen LogP contribution >= 0.6 is 0 Å². The molecule has 3 aromatic rings. The highest BCUT2D eigenvalue weighted by Crippen LogP contribution is 2.25. The number of rotatable bonds is 3. The molecule has 5 heteroatoms. The van der Waals surface area contributed by atoms with Gasteiger partial charge in [0.25, 0.3) is 5.91 Å². The number of carbonyl (C=O) groups is 1.